The van der Waals surface area contributed by atoms with Crippen molar-refractivity contribution >= 4 is 27.9 Å². The maximum absolute atomic E-state index is 5.47. The van der Waals surface area contributed by atoms with Gasteiger partial charge < -0.3 is 0 Å². The van der Waals surface area contributed by atoms with E-state index < -0.39 is 0 Å². The SMILES string of the molecule is CC(C)c1cccc(C(C)C)c1N=C1C(=NC2=CCC(C3CC3)C=C2)c2cccc3cccc1c23. The van der Waals surface area contributed by atoms with E-state index in [2.05, 4.69) is 101 Å². The van der Waals surface area contributed by atoms with Gasteiger partial charge in [0.1, 0.15) is 0 Å². The topological polar surface area (TPSA) is 24.7 Å². The Morgan fingerprint density at radius 3 is 1.89 bits per heavy atom. The number of rotatable bonds is 5. The van der Waals surface area contributed by atoms with Crippen molar-refractivity contribution in [3.05, 3.63) is 101 Å². The van der Waals surface area contributed by atoms with Gasteiger partial charge in [0.15, 0.2) is 0 Å². The van der Waals surface area contributed by atoms with Gasteiger partial charge in [0.25, 0.3) is 0 Å². The molecule has 0 spiro atoms. The second kappa shape index (κ2) is 8.75. The van der Waals surface area contributed by atoms with Gasteiger partial charge in [-0.3, -0.25) is 0 Å². The standard InChI is InChI=1S/C33H34N2/c1-20(2)26-10-7-11-27(21(3)4)31(26)35-33-29-13-6-9-24-8-5-12-28(30(24)29)32(33)34-25-18-16-23(17-19-25)22-14-15-22/h5-13,16,18-23H,14-15,17H2,1-4H3. The zero-order chi connectivity index (χ0) is 24.1. The summed E-state index contributed by atoms with van der Waals surface area (Å²) in [6, 6.07) is 19.8. The molecule has 3 aliphatic carbocycles. The molecule has 6 rings (SSSR count). The molecule has 0 bridgehead atoms. The van der Waals surface area contributed by atoms with Gasteiger partial charge in [0.2, 0.25) is 0 Å². The third kappa shape index (κ3) is 3.99. The van der Waals surface area contributed by atoms with Crippen LogP contribution in [0.25, 0.3) is 10.8 Å². The highest BCUT2D eigenvalue weighted by Crippen LogP contribution is 2.42. The van der Waals surface area contributed by atoms with Crippen molar-refractivity contribution < 1.29 is 0 Å². The molecule has 3 aliphatic rings. The second-order valence-corrected chi connectivity index (χ2v) is 10.9. The Kier molecular flexibility index (Phi) is 5.56. The van der Waals surface area contributed by atoms with Crippen LogP contribution in [0, 0.1) is 11.8 Å². The van der Waals surface area contributed by atoms with Gasteiger partial charge in [0.05, 0.1) is 22.8 Å². The number of benzene rings is 3. The molecule has 0 saturated heterocycles. The second-order valence-electron chi connectivity index (χ2n) is 10.9. The molecule has 0 amide bonds. The minimum atomic E-state index is 0.399. The minimum Gasteiger partial charge on any atom is -0.246 e. The third-order valence-corrected chi connectivity index (χ3v) is 7.79. The lowest BCUT2D eigenvalue weighted by Crippen LogP contribution is -2.12. The molecule has 1 atom stereocenters. The van der Waals surface area contributed by atoms with Crippen LogP contribution in [0.4, 0.5) is 5.69 Å². The lowest BCUT2D eigenvalue weighted by Gasteiger charge is -2.17. The molecule has 176 valence electrons. The van der Waals surface area contributed by atoms with Gasteiger partial charge >= 0.3 is 0 Å². The Labute approximate surface area is 209 Å². The predicted molar refractivity (Wildman–Crippen MR) is 149 cm³/mol. The summed E-state index contributed by atoms with van der Waals surface area (Å²) in [5.41, 5.74) is 9.19. The molecule has 0 aliphatic heterocycles. The summed E-state index contributed by atoms with van der Waals surface area (Å²) in [5, 5.41) is 2.53. The molecule has 2 heteroatoms. The first-order valence-corrected chi connectivity index (χ1v) is 13.2. The molecule has 0 aromatic heterocycles. The van der Waals surface area contributed by atoms with Crippen molar-refractivity contribution in [2.45, 2.75) is 58.8 Å². The normalized spacial score (nSPS) is 21.7. The number of nitrogens with zero attached hydrogens (tertiary/aromatic N) is 2. The Balaban J connectivity index is 1.55. The summed E-state index contributed by atoms with van der Waals surface area (Å²) in [6.07, 6.45) is 10.8. The predicted octanol–water partition coefficient (Wildman–Crippen LogP) is 8.88. The summed E-state index contributed by atoms with van der Waals surface area (Å²) < 4.78 is 0. The first kappa shape index (κ1) is 22.2. The fraction of sp³-hybridized carbons (Fsp3) is 0.333. The fourth-order valence-electron chi connectivity index (χ4n) is 5.68. The summed E-state index contributed by atoms with van der Waals surface area (Å²) in [4.78, 5) is 10.8. The van der Waals surface area contributed by atoms with Gasteiger partial charge in [-0.15, -0.1) is 0 Å². The van der Waals surface area contributed by atoms with E-state index in [1.54, 1.807) is 0 Å². The van der Waals surface area contributed by atoms with Crippen molar-refractivity contribution in [2.24, 2.45) is 21.8 Å². The Morgan fingerprint density at radius 1 is 0.743 bits per heavy atom. The summed E-state index contributed by atoms with van der Waals surface area (Å²) in [5.74, 6) is 2.39. The molecule has 2 nitrogen and oxygen atoms in total. The lowest BCUT2D eigenvalue weighted by atomic mass is 9.92. The van der Waals surface area contributed by atoms with E-state index in [1.165, 1.54) is 45.9 Å². The van der Waals surface area contributed by atoms with Crippen molar-refractivity contribution in [1.29, 1.82) is 0 Å². The molecular formula is C33H34N2. The van der Waals surface area contributed by atoms with Crippen LogP contribution in [-0.4, -0.2) is 11.4 Å². The summed E-state index contributed by atoms with van der Waals surface area (Å²) >= 11 is 0. The molecule has 0 heterocycles. The van der Waals surface area contributed by atoms with Crippen LogP contribution in [0.5, 0.6) is 0 Å². The maximum Gasteiger partial charge on any atom is 0.0979 e. The number of hydrogen-bond acceptors (Lipinski definition) is 2. The van der Waals surface area contributed by atoms with Crippen molar-refractivity contribution in [2.75, 3.05) is 0 Å². The number of hydrogen-bond donors (Lipinski definition) is 0. The summed E-state index contributed by atoms with van der Waals surface area (Å²) in [6.45, 7) is 9.04. The van der Waals surface area contributed by atoms with Crippen LogP contribution >= 0.6 is 0 Å². The Bertz CT molecular complexity index is 1400. The molecule has 1 unspecified atom stereocenters. The van der Waals surface area contributed by atoms with E-state index in [9.17, 15) is 0 Å². The maximum atomic E-state index is 5.47. The van der Waals surface area contributed by atoms with E-state index in [0.717, 1.165) is 35.1 Å². The van der Waals surface area contributed by atoms with Crippen LogP contribution in [0.1, 0.15) is 81.0 Å². The number of para-hydroxylation sites is 1. The van der Waals surface area contributed by atoms with E-state index in [-0.39, 0.29) is 0 Å². The van der Waals surface area contributed by atoms with Gasteiger partial charge in [-0.2, -0.15) is 0 Å². The number of allylic oxidation sites excluding steroid dienone is 3. The van der Waals surface area contributed by atoms with Crippen molar-refractivity contribution in [1.82, 2.24) is 0 Å². The highest BCUT2D eigenvalue weighted by atomic mass is 14.8. The van der Waals surface area contributed by atoms with Gasteiger partial charge in [0, 0.05) is 16.5 Å². The fourth-order valence-corrected chi connectivity index (χ4v) is 5.68. The average molecular weight is 459 g/mol. The highest BCUT2D eigenvalue weighted by molar-refractivity contribution is 6.61. The van der Waals surface area contributed by atoms with E-state index in [4.69, 9.17) is 9.98 Å². The highest BCUT2D eigenvalue weighted by Gasteiger charge is 2.31. The van der Waals surface area contributed by atoms with E-state index in [0.29, 0.717) is 17.8 Å². The average Bonchev–Trinajstić information content (AvgIpc) is 3.67. The quantitative estimate of drug-likeness (QED) is 0.365. The van der Waals surface area contributed by atoms with Crippen molar-refractivity contribution in [3.8, 4) is 0 Å². The smallest absolute Gasteiger partial charge is 0.0979 e. The zero-order valence-electron chi connectivity index (χ0n) is 21.3. The van der Waals surface area contributed by atoms with Crippen molar-refractivity contribution in [3.63, 3.8) is 0 Å². The first-order valence-electron chi connectivity index (χ1n) is 13.2. The molecular weight excluding hydrogens is 424 g/mol. The molecule has 0 radical (unpaired) electrons. The largest absolute Gasteiger partial charge is 0.246 e. The third-order valence-electron chi connectivity index (χ3n) is 7.79. The van der Waals surface area contributed by atoms with Crippen LogP contribution in [0.3, 0.4) is 0 Å². The Morgan fingerprint density at radius 2 is 1.34 bits per heavy atom. The molecule has 3 aromatic rings. The van der Waals surface area contributed by atoms with Crippen LogP contribution in [0.15, 0.2) is 88.5 Å². The first-order chi connectivity index (χ1) is 17.0. The van der Waals surface area contributed by atoms with Crippen LogP contribution in [0.2, 0.25) is 0 Å². The monoisotopic (exact) mass is 458 g/mol. The molecule has 1 saturated carbocycles. The van der Waals surface area contributed by atoms with Crippen LogP contribution < -0.4 is 0 Å². The number of aliphatic imine (C=N–C) groups is 2. The van der Waals surface area contributed by atoms with E-state index in [1.807, 2.05) is 0 Å². The van der Waals surface area contributed by atoms with E-state index >= 15 is 0 Å². The Hall–Kier alpha value is -3.26. The van der Waals surface area contributed by atoms with Gasteiger partial charge in [-0.25, -0.2) is 9.98 Å². The summed E-state index contributed by atoms with van der Waals surface area (Å²) in [7, 11) is 0. The zero-order valence-corrected chi connectivity index (χ0v) is 21.3. The van der Waals surface area contributed by atoms with Crippen LogP contribution in [-0.2, 0) is 0 Å². The molecule has 3 aromatic carbocycles. The molecule has 0 N–H and O–H groups in total. The molecule has 1 fully saturated rings. The van der Waals surface area contributed by atoms with Gasteiger partial charge in [-0.05, 0) is 65.5 Å². The van der Waals surface area contributed by atoms with Gasteiger partial charge in [-0.1, -0.05) is 94.4 Å². The lowest BCUT2D eigenvalue weighted by molar-refractivity contribution is 0.570. The molecule has 35 heavy (non-hydrogen) atoms. The minimum absolute atomic E-state index is 0.399.